The maximum absolute atomic E-state index is 13.6. The van der Waals surface area contributed by atoms with Crippen molar-refractivity contribution in [3.8, 4) is 0 Å². The second-order valence-corrected chi connectivity index (χ2v) is 11.3. The number of benzene rings is 2. The normalized spacial score (nSPS) is 26.9. The first-order valence-electron chi connectivity index (χ1n) is 11.3. The van der Waals surface area contributed by atoms with Crippen LogP contribution < -0.4 is 0 Å². The van der Waals surface area contributed by atoms with Gasteiger partial charge in [0.2, 0.25) is 0 Å². The molecule has 186 valence electrons. The van der Waals surface area contributed by atoms with Crippen LogP contribution >= 0.6 is 7.60 Å². The van der Waals surface area contributed by atoms with E-state index in [1.807, 2.05) is 74.5 Å². The first-order valence-corrected chi connectivity index (χ1v) is 13.0. The molecule has 9 heteroatoms. The van der Waals surface area contributed by atoms with Gasteiger partial charge < -0.3 is 32.7 Å². The van der Waals surface area contributed by atoms with Gasteiger partial charge in [-0.1, -0.05) is 60.7 Å². The van der Waals surface area contributed by atoms with Crippen molar-refractivity contribution in [2.24, 2.45) is 0 Å². The third-order valence-electron chi connectivity index (χ3n) is 6.01. The van der Waals surface area contributed by atoms with Gasteiger partial charge in [-0.2, -0.15) is 0 Å². The number of ether oxygens (including phenoxy) is 5. The molecule has 2 aliphatic rings. The van der Waals surface area contributed by atoms with Crippen LogP contribution in [0.25, 0.3) is 0 Å². The molecule has 0 spiro atoms. The van der Waals surface area contributed by atoms with E-state index in [0.29, 0.717) is 13.2 Å². The summed E-state index contributed by atoms with van der Waals surface area (Å²) in [7, 11) is -0.885. The minimum absolute atomic E-state index is 0.0759. The third kappa shape index (κ3) is 5.78. The predicted octanol–water partition coefficient (Wildman–Crippen LogP) is 4.52. The van der Waals surface area contributed by atoms with Crippen LogP contribution in [0.2, 0.25) is 0 Å². The molecule has 2 fully saturated rings. The van der Waals surface area contributed by atoms with Gasteiger partial charge in [0, 0.05) is 14.2 Å². The zero-order valence-electron chi connectivity index (χ0n) is 20.0. The highest BCUT2D eigenvalue weighted by atomic mass is 31.2. The van der Waals surface area contributed by atoms with E-state index in [-0.39, 0.29) is 6.61 Å². The van der Waals surface area contributed by atoms with E-state index in [1.54, 1.807) is 0 Å². The number of fused-ring (bicyclic) bond motifs is 1. The summed E-state index contributed by atoms with van der Waals surface area (Å²) in [4.78, 5) is 0. The molecule has 4 rings (SSSR count). The highest BCUT2D eigenvalue weighted by Gasteiger charge is 2.60. The van der Waals surface area contributed by atoms with E-state index < -0.39 is 43.6 Å². The molecule has 0 aromatic heterocycles. The molecule has 2 aromatic rings. The van der Waals surface area contributed by atoms with E-state index in [0.717, 1.165) is 11.1 Å². The van der Waals surface area contributed by atoms with Crippen LogP contribution in [-0.2, 0) is 50.5 Å². The molecule has 8 nitrogen and oxygen atoms in total. The largest absolute Gasteiger partial charge is 0.376 e. The predicted molar refractivity (Wildman–Crippen MR) is 125 cm³/mol. The molecule has 2 aliphatic heterocycles. The van der Waals surface area contributed by atoms with Crippen molar-refractivity contribution >= 4 is 7.60 Å². The Bertz CT molecular complexity index is 946. The molecule has 0 N–H and O–H groups in total. The van der Waals surface area contributed by atoms with Gasteiger partial charge in [0.15, 0.2) is 12.1 Å². The fourth-order valence-corrected chi connectivity index (χ4v) is 5.93. The average Bonchev–Trinajstić information content (AvgIpc) is 3.32. The Morgan fingerprint density at radius 3 is 2.09 bits per heavy atom. The monoisotopic (exact) mass is 492 g/mol. The lowest BCUT2D eigenvalue weighted by atomic mass is 10.1. The molecule has 5 atom stereocenters. The van der Waals surface area contributed by atoms with Crippen molar-refractivity contribution in [3.05, 3.63) is 71.8 Å². The maximum atomic E-state index is 13.6. The zero-order valence-corrected chi connectivity index (χ0v) is 20.9. The molecule has 0 saturated carbocycles. The van der Waals surface area contributed by atoms with Crippen LogP contribution in [0.3, 0.4) is 0 Å². The van der Waals surface area contributed by atoms with Crippen LogP contribution in [0.15, 0.2) is 60.7 Å². The summed E-state index contributed by atoms with van der Waals surface area (Å²) >= 11 is 0. The van der Waals surface area contributed by atoms with Crippen LogP contribution in [0.1, 0.15) is 25.0 Å². The Morgan fingerprint density at radius 2 is 1.50 bits per heavy atom. The number of hydrogen-bond acceptors (Lipinski definition) is 8. The van der Waals surface area contributed by atoms with Gasteiger partial charge in [0.25, 0.3) is 0 Å². The summed E-state index contributed by atoms with van der Waals surface area (Å²) in [5.74, 6) is -0.819. The zero-order chi connectivity index (χ0) is 24.2. The highest BCUT2D eigenvalue weighted by molar-refractivity contribution is 7.54. The lowest BCUT2D eigenvalue weighted by molar-refractivity contribution is -0.220. The van der Waals surface area contributed by atoms with E-state index in [1.165, 1.54) is 14.2 Å². The first-order chi connectivity index (χ1) is 16.3. The van der Waals surface area contributed by atoms with E-state index in [2.05, 4.69) is 0 Å². The molecule has 0 amide bonds. The Kier molecular flexibility index (Phi) is 8.23. The van der Waals surface area contributed by atoms with Gasteiger partial charge >= 0.3 is 7.60 Å². The van der Waals surface area contributed by atoms with Crippen molar-refractivity contribution in [1.29, 1.82) is 0 Å². The van der Waals surface area contributed by atoms with E-state index in [4.69, 9.17) is 32.7 Å². The summed E-state index contributed by atoms with van der Waals surface area (Å²) in [6, 6.07) is 19.6. The minimum Gasteiger partial charge on any atom is -0.376 e. The second kappa shape index (κ2) is 11.0. The minimum atomic E-state index is -3.61. The Hall–Kier alpha value is -1.61. The van der Waals surface area contributed by atoms with Crippen molar-refractivity contribution in [3.63, 3.8) is 0 Å². The summed E-state index contributed by atoms with van der Waals surface area (Å²) in [6.45, 7) is 4.41. The second-order valence-electron chi connectivity index (χ2n) is 8.80. The molecule has 2 saturated heterocycles. The van der Waals surface area contributed by atoms with Gasteiger partial charge in [-0.25, -0.2) is 0 Å². The van der Waals surface area contributed by atoms with Gasteiger partial charge in [-0.15, -0.1) is 0 Å². The number of rotatable bonds is 11. The molecular formula is C25H33O8P. The Labute approximate surface area is 200 Å². The van der Waals surface area contributed by atoms with Gasteiger partial charge in [-0.3, -0.25) is 4.57 Å². The van der Waals surface area contributed by atoms with Gasteiger partial charge in [0.05, 0.1) is 19.8 Å². The fraction of sp³-hybridized carbons (Fsp3) is 0.520. The average molecular weight is 493 g/mol. The van der Waals surface area contributed by atoms with Crippen LogP contribution in [0.4, 0.5) is 0 Å². The molecule has 0 bridgehead atoms. The fourth-order valence-electron chi connectivity index (χ4n) is 4.35. The summed E-state index contributed by atoms with van der Waals surface area (Å²) in [5, 5.41) is 0. The van der Waals surface area contributed by atoms with Crippen molar-refractivity contribution in [2.45, 2.75) is 63.1 Å². The topological polar surface area (TPSA) is 81.7 Å². The van der Waals surface area contributed by atoms with E-state index in [9.17, 15) is 4.57 Å². The molecule has 2 heterocycles. The Balaban J connectivity index is 1.55. The van der Waals surface area contributed by atoms with Gasteiger partial charge in [0.1, 0.15) is 24.0 Å². The van der Waals surface area contributed by atoms with Crippen LogP contribution in [-0.4, -0.2) is 56.9 Å². The summed E-state index contributed by atoms with van der Waals surface area (Å²) in [5.41, 5.74) is 1.25. The van der Waals surface area contributed by atoms with Crippen LogP contribution in [0, 0.1) is 0 Å². The van der Waals surface area contributed by atoms with Crippen molar-refractivity contribution in [2.75, 3.05) is 20.8 Å². The Morgan fingerprint density at radius 1 is 0.912 bits per heavy atom. The summed E-state index contributed by atoms with van der Waals surface area (Å²) < 4.78 is 55.0. The van der Waals surface area contributed by atoms with Crippen LogP contribution in [0.5, 0.6) is 0 Å². The highest BCUT2D eigenvalue weighted by Crippen LogP contribution is 2.56. The smallest absolute Gasteiger partial charge is 0.338 e. The molecule has 2 aromatic carbocycles. The maximum Gasteiger partial charge on any atom is 0.338 e. The molecular weight excluding hydrogens is 459 g/mol. The SMILES string of the molecule is COP(=O)(OC)[C@@H](COCc1ccccc1)[C@H]1O[C@@H]2OC(C)(C)O[C@@H]2[C@H]1OCc1ccccc1. The quantitative estimate of drug-likeness (QED) is 0.424. The number of hydrogen-bond donors (Lipinski definition) is 0. The molecule has 0 unspecified atom stereocenters. The summed E-state index contributed by atoms with van der Waals surface area (Å²) in [6.07, 6.45) is -2.44. The van der Waals surface area contributed by atoms with Gasteiger partial charge in [-0.05, 0) is 25.0 Å². The van der Waals surface area contributed by atoms with E-state index >= 15 is 0 Å². The molecule has 34 heavy (non-hydrogen) atoms. The van der Waals surface area contributed by atoms with Crippen molar-refractivity contribution in [1.82, 2.24) is 0 Å². The van der Waals surface area contributed by atoms with Crippen molar-refractivity contribution < 1.29 is 37.3 Å². The lowest BCUT2D eigenvalue weighted by Crippen LogP contribution is -2.44. The third-order valence-corrected chi connectivity index (χ3v) is 8.28. The first kappa shape index (κ1) is 25.5. The molecule has 0 aliphatic carbocycles. The lowest BCUT2D eigenvalue weighted by Gasteiger charge is -2.33. The molecule has 0 radical (unpaired) electrons. The standard InChI is InChI=1S/C25H33O8P/c1-25(2)32-23-22(30-16-19-13-9-6-10-14-19)21(31-24(23)33-25)20(34(26,27-3)28-4)17-29-15-18-11-7-5-8-12-18/h5-14,20-24H,15-17H2,1-4H3/t20-,21+,22-,23+,24+/m0/s1.